The van der Waals surface area contributed by atoms with Crippen molar-refractivity contribution in [1.82, 2.24) is 5.43 Å². The van der Waals surface area contributed by atoms with E-state index in [9.17, 15) is 23.3 Å². The van der Waals surface area contributed by atoms with Crippen molar-refractivity contribution in [3.63, 3.8) is 0 Å². The second-order valence-electron chi connectivity index (χ2n) is 6.77. The summed E-state index contributed by atoms with van der Waals surface area (Å²) in [5.41, 5.74) is 3.13. The molecule has 0 aliphatic heterocycles. The molecular formula is C21H20N4O7S. The van der Waals surface area contributed by atoms with Gasteiger partial charge < -0.3 is 9.15 Å². The van der Waals surface area contributed by atoms with Crippen molar-refractivity contribution in [3.05, 3.63) is 76.5 Å². The van der Waals surface area contributed by atoms with E-state index in [2.05, 4.69) is 10.5 Å². The standard InChI is InChI=1S/C21H20N4O7S/c1-31-18-5-3-4-17(12-18)24(33(2,29)30)14-21(26)23-22-13-19-10-11-20(32-19)15-6-8-16(9-7-15)25(27)28/h3-13H,14H2,1-2H3,(H,23,26)/b22-13-. The van der Waals surface area contributed by atoms with Crippen molar-refractivity contribution in [2.75, 3.05) is 24.2 Å². The molecule has 1 heterocycles. The summed E-state index contributed by atoms with van der Waals surface area (Å²) in [6.07, 6.45) is 2.24. The zero-order valence-corrected chi connectivity index (χ0v) is 18.5. The van der Waals surface area contributed by atoms with Gasteiger partial charge in [-0.05, 0) is 36.4 Å². The Bertz CT molecular complexity index is 1280. The van der Waals surface area contributed by atoms with Gasteiger partial charge in [0.1, 0.15) is 23.8 Å². The molecule has 2 aromatic carbocycles. The fourth-order valence-electron chi connectivity index (χ4n) is 2.82. The predicted molar refractivity (Wildman–Crippen MR) is 122 cm³/mol. The summed E-state index contributed by atoms with van der Waals surface area (Å²) in [6, 6.07) is 15.4. The minimum Gasteiger partial charge on any atom is -0.497 e. The van der Waals surface area contributed by atoms with E-state index in [0.717, 1.165) is 10.6 Å². The van der Waals surface area contributed by atoms with Crippen LogP contribution in [0.15, 0.2) is 70.2 Å². The minimum absolute atomic E-state index is 0.0353. The maximum Gasteiger partial charge on any atom is 0.269 e. The van der Waals surface area contributed by atoms with Crippen LogP contribution in [-0.2, 0) is 14.8 Å². The molecule has 0 spiro atoms. The lowest BCUT2D eigenvalue weighted by Gasteiger charge is -2.21. The average Bonchev–Trinajstić information content (AvgIpc) is 3.25. The minimum atomic E-state index is -3.75. The Morgan fingerprint density at radius 1 is 1.21 bits per heavy atom. The number of hydrazone groups is 1. The summed E-state index contributed by atoms with van der Waals surface area (Å²) in [7, 11) is -2.30. The number of non-ortho nitro benzene ring substituents is 1. The molecule has 172 valence electrons. The Kier molecular flexibility index (Phi) is 7.08. The van der Waals surface area contributed by atoms with Crippen LogP contribution in [0.25, 0.3) is 11.3 Å². The second-order valence-corrected chi connectivity index (χ2v) is 8.68. The number of furan rings is 1. The molecule has 0 saturated carbocycles. The van der Waals surface area contributed by atoms with Gasteiger partial charge in [-0.3, -0.25) is 19.2 Å². The number of carbonyl (C=O) groups is 1. The third-order valence-electron chi connectivity index (χ3n) is 4.40. The molecule has 3 aromatic rings. The third-order valence-corrected chi connectivity index (χ3v) is 5.54. The molecule has 1 amide bonds. The van der Waals surface area contributed by atoms with Crippen LogP contribution in [0.1, 0.15) is 5.76 Å². The largest absolute Gasteiger partial charge is 0.497 e. The topological polar surface area (TPSA) is 144 Å². The maximum absolute atomic E-state index is 12.3. The lowest BCUT2D eigenvalue weighted by molar-refractivity contribution is -0.384. The first-order valence-electron chi connectivity index (χ1n) is 9.45. The molecule has 0 radical (unpaired) electrons. The lowest BCUT2D eigenvalue weighted by atomic mass is 10.1. The van der Waals surface area contributed by atoms with Gasteiger partial charge in [-0.2, -0.15) is 5.10 Å². The molecule has 11 nitrogen and oxygen atoms in total. The fraction of sp³-hybridized carbons (Fsp3) is 0.143. The number of anilines is 1. The monoisotopic (exact) mass is 472 g/mol. The van der Waals surface area contributed by atoms with Crippen LogP contribution in [0.2, 0.25) is 0 Å². The summed E-state index contributed by atoms with van der Waals surface area (Å²) in [5, 5.41) is 14.5. The number of hydrogen-bond acceptors (Lipinski definition) is 8. The summed E-state index contributed by atoms with van der Waals surface area (Å²) in [4.78, 5) is 22.5. The van der Waals surface area contributed by atoms with Crippen molar-refractivity contribution in [1.29, 1.82) is 0 Å². The molecule has 0 aliphatic carbocycles. The summed E-state index contributed by atoms with van der Waals surface area (Å²) in [5.74, 6) is 0.554. The Morgan fingerprint density at radius 2 is 1.94 bits per heavy atom. The number of ether oxygens (including phenoxy) is 1. The number of nitro groups is 1. The highest BCUT2D eigenvalue weighted by atomic mass is 32.2. The molecule has 3 rings (SSSR count). The zero-order valence-electron chi connectivity index (χ0n) is 17.7. The van der Waals surface area contributed by atoms with E-state index in [1.807, 2.05) is 0 Å². The van der Waals surface area contributed by atoms with Gasteiger partial charge >= 0.3 is 0 Å². The molecule has 0 fully saturated rings. The first kappa shape index (κ1) is 23.5. The van der Waals surface area contributed by atoms with Gasteiger partial charge in [0.25, 0.3) is 11.6 Å². The summed E-state index contributed by atoms with van der Waals surface area (Å²) in [6.45, 7) is -0.491. The number of benzene rings is 2. The van der Waals surface area contributed by atoms with E-state index >= 15 is 0 Å². The van der Waals surface area contributed by atoms with Gasteiger partial charge in [0.15, 0.2) is 0 Å². The van der Waals surface area contributed by atoms with Crippen molar-refractivity contribution < 1.29 is 27.3 Å². The van der Waals surface area contributed by atoms with Crippen LogP contribution in [0.3, 0.4) is 0 Å². The number of methoxy groups -OCH3 is 1. The number of sulfonamides is 1. The van der Waals surface area contributed by atoms with E-state index in [4.69, 9.17) is 9.15 Å². The fourth-order valence-corrected chi connectivity index (χ4v) is 3.67. The zero-order chi connectivity index (χ0) is 24.0. The van der Waals surface area contributed by atoms with Crippen LogP contribution in [-0.4, -0.2) is 45.4 Å². The molecule has 1 N–H and O–H groups in total. The summed E-state index contributed by atoms with van der Waals surface area (Å²) >= 11 is 0. The van der Waals surface area contributed by atoms with Crippen LogP contribution < -0.4 is 14.5 Å². The number of rotatable bonds is 9. The average molecular weight is 472 g/mol. The van der Waals surface area contributed by atoms with Crippen LogP contribution in [0, 0.1) is 10.1 Å². The SMILES string of the molecule is COc1cccc(N(CC(=O)N/N=C\c2ccc(-c3ccc([N+](=O)[O-])cc3)o2)S(C)(=O)=O)c1. The highest BCUT2D eigenvalue weighted by molar-refractivity contribution is 7.92. The van der Waals surface area contributed by atoms with Gasteiger partial charge in [-0.15, -0.1) is 0 Å². The highest BCUT2D eigenvalue weighted by Crippen LogP contribution is 2.24. The lowest BCUT2D eigenvalue weighted by Crippen LogP contribution is -2.39. The van der Waals surface area contributed by atoms with Crippen LogP contribution in [0.5, 0.6) is 5.75 Å². The molecule has 0 saturated heterocycles. The van der Waals surface area contributed by atoms with E-state index < -0.39 is 27.4 Å². The Morgan fingerprint density at radius 3 is 2.58 bits per heavy atom. The first-order valence-corrected chi connectivity index (χ1v) is 11.3. The van der Waals surface area contributed by atoms with Crippen molar-refractivity contribution in [3.8, 4) is 17.1 Å². The molecule has 0 atom stereocenters. The normalized spacial score (nSPS) is 11.3. The number of hydrogen-bond donors (Lipinski definition) is 1. The molecule has 0 aliphatic rings. The van der Waals surface area contributed by atoms with Crippen LogP contribution >= 0.6 is 0 Å². The van der Waals surface area contributed by atoms with Crippen molar-refractivity contribution in [2.45, 2.75) is 0 Å². The van der Waals surface area contributed by atoms with Gasteiger partial charge in [-0.1, -0.05) is 6.07 Å². The Balaban J connectivity index is 1.65. The number of nitro benzene ring substituents is 1. The van der Waals surface area contributed by atoms with Crippen molar-refractivity contribution in [2.24, 2.45) is 5.10 Å². The molecule has 0 unspecified atom stereocenters. The smallest absolute Gasteiger partial charge is 0.269 e. The second kappa shape index (κ2) is 9.96. The number of nitrogens with one attached hydrogen (secondary N) is 1. The Labute approximate surface area is 189 Å². The van der Waals surface area contributed by atoms with E-state index in [0.29, 0.717) is 22.8 Å². The predicted octanol–water partition coefficient (Wildman–Crippen LogP) is 2.78. The van der Waals surface area contributed by atoms with Crippen LogP contribution in [0.4, 0.5) is 11.4 Å². The number of amides is 1. The van der Waals surface area contributed by atoms with Gasteiger partial charge in [0.05, 0.1) is 30.2 Å². The molecule has 33 heavy (non-hydrogen) atoms. The maximum atomic E-state index is 12.3. The highest BCUT2D eigenvalue weighted by Gasteiger charge is 2.21. The number of nitrogens with zero attached hydrogens (tertiary/aromatic N) is 3. The number of carbonyl (C=O) groups excluding carboxylic acids is 1. The van der Waals surface area contributed by atoms with Gasteiger partial charge in [-0.25, -0.2) is 13.8 Å². The molecular weight excluding hydrogens is 452 g/mol. The molecule has 1 aromatic heterocycles. The molecule has 12 heteroatoms. The van der Waals surface area contributed by atoms with Gasteiger partial charge in [0.2, 0.25) is 10.0 Å². The van der Waals surface area contributed by atoms with E-state index in [-0.39, 0.29) is 11.4 Å². The quantitative estimate of drug-likeness (QED) is 0.286. The summed E-state index contributed by atoms with van der Waals surface area (Å²) < 4.78 is 36.0. The first-order chi connectivity index (χ1) is 15.7. The molecule has 0 bridgehead atoms. The van der Waals surface area contributed by atoms with E-state index in [1.54, 1.807) is 42.5 Å². The Hall–Kier alpha value is -4.19. The third kappa shape index (κ3) is 6.17. The van der Waals surface area contributed by atoms with Gasteiger partial charge in [0, 0.05) is 23.8 Å². The van der Waals surface area contributed by atoms with Crippen molar-refractivity contribution >= 4 is 33.5 Å². The van der Waals surface area contributed by atoms with E-state index in [1.165, 1.54) is 31.5 Å².